The van der Waals surface area contributed by atoms with Gasteiger partial charge in [-0.15, -0.1) is 0 Å². The third-order valence-corrected chi connectivity index (χ3v) is 4.93. The topological polar surface area (TPSA) is 87.2 Å². The second-order valence-corrected chi connectivity index (χ2v) is 6.73. The van der Waals surface area contributed by atoms with Gasteiger partial charge in [-0.3, -0.25) is 4.68 Å². The number of aromatic nitrogens is 2. The maximum atomic E-state index is 12.6. The summed E-state index contributed by atoms with van der Waals surface area (Å²) in [5, 5.41) is 4.26. The SMILES string of the molecule is CCc1cc(CS(=O)(=O)c2ccc(N)cc2OC)n(C)n1. The van der Waals surface area contributed by atoms with Gasteiger partial charge in [0.1, 0.15) is 10.6 Å². The van der Waals surface area contributed by atoms with Crippen molar-refractivity contribution in [3.05, 3.63) is 35.7 Å². The van der Waals surface area contributed by atoms with E-state index in [4.69, 9.17) is 10.5 Å². The molecule has 0 atom stereocenters. The van der Waals surface area contributed by atoms with E-state index in [9.17, 15) is 8.42 Å². The number of hydrogen-bond acceptors (Lipinski definition) is 5. The second-order valence-electron chi connectivity index (χ2n) is 4.77. The highest BCUT2D eigenvalue weighted by Crippen LogP contribution is 2.28. The molecule has 0 aliphatic heterocycles. The number of hydrogen-bond donors (Lipinski definition) is 1. The van der Waals surface area contributed by atoms with Gasteiger partial charge in [-0.1, -0.05) is 6.92 Å². The molecule has 0 aliphatic carbocycles. The van der Waals surface area contributed by atoms with Gasteiger partial charge >= 0.3 is 0 Å². The maximum Gasteiger partial charge on any atom is 0.187 e. The summed E-state index contributed by atoms with van der Waals surface area (Å²) < 4.78 is 31.9. The molecule has 1 heterocycles. The van der Waals surface area contributed by atoms with Gasteiger partial charge < -0.3 is 10.5 Å². The van der Waals surface area contributed by atoms with Gasteiger partial charge in [0.25, 0.3) is 0 Å². The quantitative estimate of drug-likeness (QED) is 0.847. The van der Waals surface area contributed by atoms with Crippen LogP contribution in [0.5, 0.6) is 5.75 Å². The van der Waals surface area contributed by atoms with Crippen molar-refractivity contribution in [2.24, 2.45) is 7.05 Å². The highest BCUT2D eigenvalue weighted by molar-refractivity contribution is 7.90. The lowest BCUT2D eigenvalue weighted by Gasteiger charge is -2.10. The predicted octanol–water partition coefficient (Wildman–Crippen LogP) is 1.55. The summed E-state index contributed by atoms with van der Waals surface area (Å²) in [5.41, 5.74) is 7.63. The fourth-order valence-corrected chi connectivity index (χ4v) is 3.63. The molecular formula is C14H19N3O3S. The summed E-state index contributed by atoms with van der Waals surface area (Å²) in [5.74, 6) is 0.129. The Kier molecular flexibility index (Phi) is 4.22. The standard InChI is InChI=1S/C14H19N3O3S/c1-4-11-8-12(17(2)16-11)9-21(18,19)14-6-5-10(15)7-13(14)20-3/h5-8H,4,9,15H2,1-3H3. The number of nitrogen functional groups attached to an aromatic ring is 1. The molecule has 1 aromatic carbocycles. The van der Waals surface area contributed by atoms with E-state index in [0.717, 1.165) is 12.1 Å². The van der Waals surface area contributed by atoms with Crippen molar-refractivity contribution in [3.8, 4) is 5.75 Å². The number of nitrogens with two attached hydrogens (primary N) is 1. The van der Waals surface area contributed by atoms with E-state index >= 15 is 0 Å². The number of rotatable bonds is 5. The number of ether oxygens (including phenoxy) is 1. The molecule has 0 spiro atoms. The molecule has 0 saturated heterocycles. The Hall–Kier alpha value is -2.02. The second kappa shape index (κ2) is 5.77. The van der Waals surface area contributed by atoms with Crippen molar-refractivity contribution in [2.75, 3.05) is 12.8 Å². The normalized spacial score (nSPS) is 11.6. The number of aryl methyl sites for hydroxylation is 2. The number of anilines is 1. The largest absolute Gasteiger partial charge is 0.495 e. The van der Waals surface area contributed by atoms with Gasteiger partial charge in [-0.25, -0.2) is 8.42 Å². The van der Waals surface area contributed by atoms with Crippen LogP contribution < -0.4 is 10.5 Å². The lowest BCUT2D eigenvalue weighted by atomic mass is 10.3. The monoisotopic (exact) mass is 309 g/mol. The molecule has 21 heavy (non-hydrogen) atoms. The molecule has 2 rings (SSSR count). The van der Waals surface area contributed by atoms with E-state index in [0.29, 0.717) is 11.4 Å². The highest BCUT2D eigenvalue weighted by atomic mass is 32.2. The zero-order valence-corrected chi connectivity index (χ0v) is 13.1. The van der Waals surface area contributed by atoms with Crippen LogP contribution in [-0.4, -0.2) is 25.3 Å². The van der Waals surface area contributed by atoms with Crippen LogP contribution in [-0.2, 0) is 29.1 Å². The Morgan fingerprint density at radius 2 is 2.05 bits per heavy atom. The first-order valence-electron chi connectivity index (χ1n) is 6.55. The Balaban J connectivity index is 2.40. The molecule has 7 heteroatoms. The van der Waals surface area contributed by atoms with Gasteiger partial charge in [0.05, 0.1) is 24.3 Å². The predicted molar refractivity (Wildman–Crippen MR) is 80.9 cm³/mol. The van der Waals surface area contributed by atoms with E-state index in [2.05, 4.69) is 5.10 Å². The number of nitrogens with zero attached hydrogens (tertiary/aromatic N) is 2. The summed E-state index contributed by atoms with van der Waals surface area (Å²) in [6, 6.07) is 6.34. The van der Waals surface area contributed by atoms with Crippen molar-refractivity contribution in [3.63, 3.8) is 0 Å². The fourth-order valence-electron chi connectivity index (χ4n) is 2.09. The van der Waals surface area contributed by atoms with E-state index in [1.54, 1.807) is 23.9 Å². The van der Waals surface area contributed by atoms with Crippen LogP contribution in [0.3, 0.4) is 0 Å². The summed E-state index contributed by atoms with van der Waals surface area (Å²) in [6.45, 7) is 1.98. The smallest absolute Gasteiger partial charge is 0.187 e. The van der Waals surface area contributed by atoms with Crippen molar-refractivity contribution < 1.29 is 13.2 Å². The van der Waals surface area contributed by atoms with Crippen LogP contribution in [0.25, 0.3) is 0 Å². The van der Waals surface area contributed by atoms with E-state index in [1.165, 1.54) is 19.2 Å². The van der Waals surface area contributed by atoms with Gasteiger partial charge in [-0.2, -0.15) is 5.10 Å². The van der Waals surface area contributed by atoms with E-state index in [1.807, 2.05) is 6.92 Å². The zero-order chi connectivity index (χ0) is 15.6. The van der Waals surface area contributed by atoms with Gasteiger partial charge in [0.2, 0.25) is 0 Å². The third-order valence-electron chi connectivity index (χ3n) is 3.25. The molecule has 2 N–H and O–H groups in total. The van der Waals surface area contributed by atoms with Crippen LogP contribution in [0.4, 0.5) is 5.69 Å². The Bertz CT molecular complexity index is 751. The number of sulfone groups is 1. The average molecular weight is 309 g/mol. The van der Waals surface area contributed by atoms with Crippen LogP contribution in [0.2, 0.25) is 0 Å². The lowest BCUT2D eigenvalue weighted by Crippen LogP contribution is -2.10. The van der Waals surface area contributed by atoms with E-state index < -0.39 is 9.84 Å². The fraction of sp³-hybridized carbons (Fsp3) is 0.357. The van der Waals surface area contributed by atoms with Crippen LogP contribution in [0.1, 0.15) is 18.3 Å². The zero-order valence-electron chi connectivity index (χ0n) is 12.3. The molecule has 0 unspecified atom stereocenters. The molecule has 2 aromatic rings. The van der Waals surface area contributed by atoms with Crippen molar-refractivity contribution in [2.45, 2.75) is 24.0 Å². The number of methoxy groups -OCH3 is 1. The Morgan fingerprint density at radius 1 is 1.33 bits per heavy atom. The molecule has 0 aliphatic rings. The summed E-state index contributed by atoms with van der Waals surface area (Å²) in [4.78, 5) is 0.137. The molecule has 1 aromatic heterocycles. The first-order valence-corrected chi connectivity index (χ1v) is 8.20. The minimum atomic E-state index is -3.53. The van der Waals surface area contributed by atoms with Gasteiger partial charge in [0.15, 0.2) is 9.84 Å². The molecular weight excluding hydrogens is 290 g/mol. The molecule has 0 fully saturated rings. The molecule has 114 valence electrons. The Labute approximate surface area is 124 Å². The van der Waals surface area contributed by atoms with Crippen molar-refractivity contribution in [1.29, 1.82) is 0 Å². The first-order chi connectivity index (χ1) is 9.87. The molecule has 0 bridgehead atoms. The van der Waals surface area contributed by atoms with Gasteiger partial charge in [-0.05, 0) is 24.6 Å². The third kappa shape index (κ3) is 3.18. The van der Waals surface area contributed by atoms with Crippen molar-refractivity contribution >= 4 is 15.5 Å². The summed E-state index contributed by atoms with van der Waals surface area (Å²) in [6.07, 6.45) is 0.763. The number of benzene rings is 1. The van der Waals surface area contributed by atoms with Crippen LogP contribution >= 0.6 is 0 Å². The minimum Gasteiger partial charge on any atom is -0.495 e. The summed E-state index contributed by atoms with van der Waals surface area (Å²) >= 11 is 0. The lowest BCUT2D eigenvalue weighted by molar-refractivity contribution is 0.403. The summed E-state index contributed by atoms with van der Waals surface area (Å²) in [7, 11) is -0.368. The van der Waals surface area contributed by atoms with Crippen LogP contribution in [0.15, 0.2) is 29.2 Å². The average Bonchev–Trinajstić information content (AvgIpc) is 2.78. The minimum absolute atomic E-state index is 0.128. The maximum absolute atomic E-state index is 12.6. The molecule has 0 radical (unpaired) electrons. The van der Waals surface area contributed by atoms with Gasteiger partial charge in [0, 0.05) is 18.8 Å². The van der Waals surface area contributed by atoms with E-state index in [-0.39, 0.29) is 16.4 Å². The first kappa shape index (κ1) is 15.4. The molecule has 6 nitrogen and oxygen atoms in total. The van der Waals surface area contributed by atoms with Crippen LogP contribution in [0, 0.1) is 0 Å². The highest BCUT2D eigenvalue weighted by Gasteiger charge is 2.22. The Morgan fingerprint density at radius 3 is 2.62 bits per heavy atom. The van der Waals surface area contributed by atoms with Crippen molar-refractivity contribution in [1.82, 2.24) is 9.78 Å². The molecule has 0 saturated carbocycles. The molecule has 0 amide bonds.